The summed E-state index contributed by atoms with van der Waals surface area (Å²) in [4.78, 5) is 22.7. The standard InChI is InChI=1S/C26H34N6O2S2/c1-25(2,3)36(34)29-23-6-5-9-26(23)10-14-31(15-11-26)24-27-17-22(21(18-33)30(24)4)35-20-8-13-32-19(16-20)7-12-28-32/h7-8,12-13,16-17,23,29H,5-6,9-11,14-15H2,1-4H3/t23-,36-/m1/s1. The zero-order valence-electron chi connectivity index (χ0n) is 21.4. The van der Waals surface area contributed by atoms with Gasteiger partial charge in [-0.3, -0.25) is 0 Å². The van der Waals surface area contributed by atoms with Gasteiger partial charge in [-0.1, -0.05) is 18.2 Å². The summed E-state index contributed by atoms with van der Waals surface area (Å²) in [5.74, 6) is 2.94. The number of likely N-dealkylation sites (N-methyl/N-ethyl adjacent to an activating group) is 1. The van der Waals surface area contributed by atoms with Gasteiger partial charge in [0.05, 0.1) is 16.5 Å². The Morgan fingerprint density at radius 2 is 2.03 bits per heavy atom. The first-order chi connectivity index (χ1) is 17.2. The summed E-state index contributed by atoms with van der Waals surface area (Å²) in [6.07, 6.45) is 10.9. The van der Waals surface area contributed by atoms with Crippen LogP contribution in [0.1, 0.15) is 52.9 Å². The van der Waals surface area contributed by atoms with Gasteiger partial charge in [-0.15, -0.1) is 4.72 Å². The van der Waals surface area contributed by atoms with Crippen LogP contribution < -0.4 is 4.72 Å². The van der Waals surface area contributed by atoms with E-state index in [2.05, 4.69) is 20.7 Å². The molecule has 1 aliphatic carbocycles. The number of nitrogens with zero attached hydrogens (tertiary/aromatic N) is 5. The molecule has 0 aromatic carbocycles. The summed E-state index contributed by atoms with van der Waals surface area (Å²) >= 11 is 0.444. The van der Waals surface area contributed by atoms with Crippen LogP contribution in [0.25, 0.3) is 5.52 Å². The van der Waals surface area contributed by atoms with Crippen molar-refractivity contribution in [1.82, 2.24) is 24.1 Å². The van der Waals surface area contributed by atoms with Crippen LogP contribution >= 0.6 is 11.8 Å². The molecule has 2 aromatic rings. The number of nitrogens with one attached hydrogen (secondary N) is 1. The lowest BCUT2D eigenvalue weighted by Gasteiger charge is -2.45. The van der Waals surface area contributed by atoms with Gasteiger partial charge in [-0.25, -0.2) is 14.3 Å². The zero-order chi connectivity index (χ0) is 25.5. The van der Waals surface area contributed by atoms with Crippen molar-refractivity contribution >= 4 is 40.5 Å². The summed E-state index contributed by atoms with van der Waals surface area (Å²) in [5.41, 5.74) is 1.68. The molecule has 2 aromatic heterocycles. The average Bonchev–Trinajstić information content (AvgIpc) is 3.46. The SMILES string of the molecule is CN1C(=C=O)C(Sc2ccn3nccc3c2)=CN=C1N1CCC2(CCC[C@H]2N[S@+]([O-])C(C)(C)C)CC1. The summed E-state index contributed by atoms with van der Waals surface area (Å²) in [6.45, 7) is 7.79. The Morgan fingerprint density at radius 1 is 1.25 bits per heavy atom. The van der Waals surface area contributed by atoms with Crippen LogP contribution in [0.3, 0.4) is 0 Å². The Kier molecular flexibility index (Phi) is 7.00. The minimum absolute atomic E-state index is 0.178. The molecule has 0 amide bonds. The molecule has 0 unspecified atom stereocenters. The van der Waals surface area contributed by atoms with Crippen LogP contribution in [0.4, 0.5) is 0 Å². The maximum atomic E-state index is 12.8. The van der Waals surface area contributed by atoms with E-state index in [0.717, 1.165) is 53.6 Å². The van der Waals surface area contributed by atoms with E-state index in [9.17, 15) is 9.35 Å². The molecule has 2 atom stereocenters. The van der Waals surface area contributed by atoms with Crippen molar-refractivity contribution in [3.63, 3.8) is 0 Å². The summed E-state index contributed by atoms with van der Waals surface area (Å²) in [6, 6.07) is 6.26. The van der Waals surface area contributed by atoms with Crippen LogP contribution in [0.15, 0.2) is 57.3 Å². The fourth-order valence-electron chi connectivity index (χ4n) is 5.49. The van der Waals surface area contributed by atoms with Gasteiger partial charge in [-0.05, 0) is 70.1 Å². The zero-order valence-corrected chi connectivity index (χ0v) is 23.0. The summed E-state index contributed by atoms with van der Waals surface area (Å²) in [5, 5.41) is 4.24. The lowest BCUT2D eigenvalue weighted by Crippen LogP contribution is -2.55. The van der Waals surface area contributed by atoms with Gasteiger partial charge in [0.2, 0.25) is 5.96 Å². The minimum Gasteiger partial charge on any atom is -0.598 e. The van der Waals surface area contributed by atoms with E-state index >= 15 is 0 Å². The molecule has 0 bridgehead atoms. The number of hydrogen-bond donors (Lipinski definition) is 1. The Morgan fingerprint density at radius 3 is 2.75 bits per heavy atom. The lowest BCUT2D eigenvalue weighted by atomic mass is 9.74. The van der Waals surface area contributed by atoms with E-state index in [4.69, 9.17) is 4.99 Å². The molecule has 5 rings (SSSR count). The second-order valence-corrected chi connectivity index (χ2v) is 14.0. The number of fused-ring (bicyclic) bond motifs is 1. The highest BCUT2D eigenvalue weighted by Crippen LogP contribution is 2.47. The van der Waals surface area contributed by atoms with E-state index in [1.165, 1.54) is 24.6 Å². The molecule has 2 aliphatic heterocycles. The van der Waals surface area contributed by atoms with Gasteiger partial charge in [0, 0.05) is 55.0 Å². The van der Waals surface area contributed by atoms with Crippen LogP contribution in [-0.2, 0) is 16.2 Å². The highest BCUT2D eigenvalue weighted by molar-refractivity contribution is 8.03. The van der Waals surface area contributed by atoms with Crippen molar-refractivity contribution < 1.29 is 9.35 Å². The van der Waals surface area contributed by atoms with Crippen LogP contribution in [-0.4, -0.2) is 66.8 Å². The first kappa shape index (κ1) is 25.4. The smallest absolute Gasteiger partial charge is 0.206 e. The molecular formula is C26H34N6O2S2. The van der Waals surface area contributed by atoms with E-state index in [0.29, 0.717) is 5.70 Å². The molecule has 0 radical (unpaired) electrons. The molecule has 1 spiro atoms. The van der Waals surface area contributed by atoms with E-state index in [1.807, 2.05) is 61.6 Å². The number of likely N-dealkylation sites (tertiary alicyclic amines) is 1. The average molecular weight is 527 g/mol. The van der Waals surface area contributed by atoms with Gasteiger partial charge >= 0.3 is 0 Å². The number of piperidine rings is 1. The Labute approximate surface area is 220 Å². The van der Waals surface area contributed by atoms with Gasteiger partial charge in [0.25, 0.3) is 0 Å². The molecule has 1 saturated heterocycles. The molecule has 192 valence electrons. The van der Waals surface area contributed by atoms with Crippen molar-refractivity contribution in [3.05, 3.63) is 47.4 Å². The van der Waals surface area contributed by atoms with Crippen LogP contribution in [0.5, 0.6) is 0 Å². The van der Waals surface area contributed by atoms with Crippen molar-refractivity contribution in [2.24, 2.45) is 10.4 Å². The van der Waals surface area contributed by atoms with Gasteiger partial charge in [0.15, 0.2) is 5.94 Å². The first-order valence-electron chi connectivity index (χ1n) is 12.5. The Bertz CT molecular complexity index is 1230. The second-order valence-electron chi connectivity index (χ2n) is 10.9. The number of carbonyl (C=O) groups excluding carboxylic acids is 1. The quantitative estimate of drug-likeness (QED) is 0.476. The third kappa shape index (κ3) is 4.85. The minimum atomic E-state index is -1.06. The third-order valence-electron chi connectivity index (χ3n) is 7.62. The maximum absolute atomic E-state index is 12.8. The van der Waals surface area contributed by atoms with Crippen LogP contribution in [0.2, 0.25) is 0 Å². The second kappa shape index (κ2) is 9.91. The summed E-state index contributed by atoms with van der Waals surface area (Å²) in [7, 11) is 1.89. The number of thioether (sulfide) groups is 1. The maximum Gasteiger partial charge on any atom is 0.206 e. The molecule has 3 aliphatic rings. The van der Waals surface area contributed by atoms with Crippen LogP contribution in [0, 0.1) is 5.41 Å². The third-order valence-corrected chi connectivity index (χ3v) is 10.2. The first-order valence-corrected chi connectivity index (χ1v) is 14.5. The molecule has 1 saturated carbocycles. The number of hydrogen-bond acceptors (Lipinski definition) is 8. The summed E-state index contributed by atoms with van der Waals surface area (Å²) < 4.78 is 17.8. The molecular weight excluding hydrogens is 492 g/mol. The lowest BCUT2D eigenvalue weighted by molar-refractivity contribution is 0.122. The van der Waals surface area contributed by atoms with Crippen molar-refractivity contribution in [2.45, 2.75) is 68.6 Å². The largest absolute Gasteiger partial charge is 0.598 e. The number of rotatable bonds is 4. The molecule has 4 heterocycles. The topological polar surface area (TPSA) is 88.3 Å². The number of pyridine rings is 1. The molecule has 8 nitrogen and oxygen atoms in total. The van der Waals surface area contributed by atoms with Gasteiger partial charge < -0.3 is 14.4 Å². The Balaban J connectivity index is 1.29. The predicted octanol–water partition coefficient (Wildman–Crippen LogP) is 3.97. The van der Waals surface area contributed by atoms with Gasteiger partial charge in [-0.2, -0.15) is 5.10 Å². The molecule has 2 fully saturated rings. The molecule has 1 N–H and O–H groups in total. The fourth-order valence-corrected chi connectivity index (χ4v) is 7.41. The molecule has 36 heavy (non-hydrogen) atoms. The monoisotopic (exact) mass is 526 g/mol. The Hall–Kier alpha value is -2.23. The van der Waals surface area contributed by atoms with Crippen molar-refractivity contribution in [2.75, 3.05) is 20.1 Å². The highest BCUT2D eigenvalue weighted by Gasteiger charge is 2.48. The highest BCUT2D eigenvalue weighted by atomic mass is 32.2. The normalized spacial score (nSPS) is 23.1. The fraction of sp³-hybridized carbons (Fsp3) is 0.538. The van der Waals surface area contributed by atoms with E-state index in [1.54, 1.807) is 12.4 Å². The predicted molar refractivity (Wildman–Crippen MR) is 145 cm³/mol. The number of guanidine groups is 1. The van der Waals surface area contributed by atoms with E-state index < -0.39 is 11.4 Å². The van der Waals surface area contributed by atoms with Crippen molar-refractivity contribution in [3.8, 4) is 0 Å². The van der Waals surface area contributed by atoms with E-state index in [-0.39, 0.29) is 16.2 Å². The van der Waals surface area contributed by atoms with Crippen molar-refractivity contribution in [1.29, 1.82) is 0 Å². The number of aromatic nitrogens is 2. The molecule has 10 heteroatoms. The number of aliphatic imine (C=N–C) groups is 1. The van der Waals surface area contributed by atoms with Gasteiger partial charge in [0.1, 0.15) is 10.4 Å².